The quantitative estimate of drug-likeness (QED) is 0.776. The van der Waals surface area contributed by atoms with Gasteiger partial charge in [-0.05, 0) is 47.8 Å². The second-order valence-corrected chi connectivity index (χ2v) is 5.35. The fourth-order valence-electron chi connectivity index (χ4n) is 2.38. The number of ether oxygens (including phenoxy) is 1. The Balaban J connectivity index is 3.07. The highest BCUT2D eigenvalue weighted by molar-refractivity contribution is 9.10. The van der Waals surface area contributed by atoms with Crippen LogP contribution in [0.5, 0.6) is 0 Å². The van der Waals surface area contributed by atoms with E-state index in [9.17, 15) is 0 Å². The Morgan fingerprint density at radius 1 is 1.39 bits per heavy atom. The molecule has 1 heterocycles. The SMILES string of the molecule is CCCNC(c1occc1Br)C(CC)(CC)OC. The van der Waals surface area contributed by atoms with Crippen molar-refractivity contribution in [2.24, 2.45) is 0 Å². The largest absolute Gasteiger partial charge is 0.466 e. The van der Waals surface area contributed by atoms with Gasteiger partial charge < -0.3 is 14.5 Å². The first-order valence-corrected chi connectivity index (χ1v) is 7.45. The van der Waals surface area contributed by atoms with E-state index in [2.05, 4.69) is 42.0 Å². The highest BCUT2D eigenvalue weighted by Crippen LogP contribution is 2.38. The predicted octanol–water partition coefficient (Wildman–Crippen LogP) is 4.29. The summed E-state index contributed by atoms with van der Waals surface area (Å²) in [5, 5.41) is 3.56. The molecule has 4 heteroatoms. The van der Waals surface area contributed by atoms with Gasteiger partial charge in [-0.1, -0.05) is 20.8 Å². The molecule has 0 fully saturated rings. The number of halogens is 1. The monoisotopic (exact) mass is 317 g/mol. The van der Waals surface area contributed by atoms with Gasteiger partial charge in [-0.2, -0.15) is 0 Å². The topological polar surface area (TPSA) is 34.4 Å². The van der Waals surface area contributed by atoms with Gasteiger partial charge in [0.05, 0.1) is 22.4 Å². The van der Waals surface area contributed by atoms with Crippen LogP contribution in [0.2, 0.25) is 0 Å². The molecule has 1 rings (SSSR count). The molecule has 0 spiro atoms. The van der Waals surface area contributed by atoms with E-state index in [4.69, 9.17) is 9.15 Å². The van der Waals surface area contributed by atoms with Crippen molar-refractivity contribution in [3.8, 4) is 0 Å². The standard InChI is InChI=1S/C14H24BrNO2/c1-5-9-16-13(12-11(15)8-10-18-12)14(6-2,7-3)17-4/h8,10,13,16H,5-7,9H2,1-4H3. The van der Waals surface area contributed by atoms with Gasteiger partial charge in [0.15, 0.2) is 0 Å². The van der Waals surface area contributed by atoms with E-state index >= 15 is 0 Å². The molecule has 0 aromatic carbocycles. The summed E-state index contributed by atoms with van der Waals surface area (Å²) in [5.41, 5.74) is -0.227. The molecule has 0 aliphatic heterocycles. The van der Waals surface area contributed by atoms with Crippen LogP contribution in [0.25, 0.3) is 0 Å². The molecule has 0 bridgehead atoms. The van der Waals surface area contributed by atoms with E-state index in [1.165, 1.54) is 0 Å². The van der Waals surface area contributed by atoms with Gasteiger partial charge >= 0.3 is 0 Å². The highest BCUT2D eigenvalue weighted by atomic mass is 79.9. The van der Waals surface area contributed by atoms with Crippen molar-refractivity contribution in [1.29, 1.82) is 0 Å². The molecule has 1 aromatic rings. The maximum Gasteiger partial charge on any atom is 0.137 e. The fourth-order valence-corrected chi connectivity index (χ4v) is 2.81. The Kier molecular flexibility index (Phi) is 6.39. The lowest BCUT2D eigenvalue weighted by Gasteiger charge is -2.38. The third kappa shape index (κ3) is 3.16. The zero-order valence-electron chi connectivity index (χ0n) is 11.8. The Morgan fingerprint density at radius 2 is 2.06 bits per heavy atom. The van der Waals surface area contributed by atoms with E-state index in [0.29, 0.717) is 0 Å². The van der Waals surface area contributed by atoms with Crippen molar-refractivity contribution in [3.63, 3.8) is 0 Å². The second kappa shape index (κ2) is 7.31. The summed E-state index contributed by atoms with van der Waals surface area (Å²) in [4.78, 5) is 0. The van der Waals surface area contributed by atoms with Gasteiger partial charge in [0, 0.05) is 7.11 Å². The minimum absolute atomic E-state index is 0.0711. The average molecular weight is 318 g/mol. The molecule has 1 aromatic heterocycles. The number of hydrogen-bond acceptors (Lipinski definition) is 3. The van der Waals surface area contributed by atoms with Crippen LogP contribution < -0.4 is 5.32 Å². The Hall–Kier alpha value is -0.320. The van der Waals surface area contributed by atoms with Crippen molar-refractivity contribution in [1.82, 2.24) is 5.32 Å². The summed E-state index contributed by atoms with van der Waals surface area (Å²) in [6, 6.07) is 2.00. The Morgan fingerprint density at radius 3 is 2.44 bits per heavy atom. The van der Waals surface area contributed by atoms with Crippen LogP contribution in [0.1, 0.15) is 51.8 Å². The Bertz CT molecular complexity index is 339. The third-order valence-electron chi connectivity index (χ3n) is 3.63. The molecule has 18 heavy (non-hydrogen) atoms. The minimum atomic E-state index is -0.227. The molecular formula is C14H24BrNO2. The van der Waals surface area contributed by atoms with Crippen LogP contribution in [-0.2, 0) is 4.74 Å². The molecule has 1 unspecified atom stereocenters. The molecule has 0 saturated carbocycles. The van der Waals surface area contributed by atoms with E-state index in [1.807, 2.05) is 6.07 Å². The van der Waals surface area contributed by atoms with E-state index in [1.54, 1.807) is 13.4 Å². The Labute approximate surface area is 118 Å². The number of rotatable bonds is 8. The van der Waals surface area contributed by atoms with Gasteiger partial charge in [0.25, 0.3) is 0 Å². The van der Waals surface area contributed by atoms with Crippen molar-refractivity contribution in [2.45, 2.75) is 51.7 Å². The van der Waals surface area contributed by atoms with Gasteiger partial charge in [0.2, 0.25) is 0 Å². The molecular weight excluding hydrogens is 294 g/mol. The number of methoxy groups -OCH3 is 1. The minimum Gasteiger partial charge on any atom is -0.466 e. The van der Waals surface area contributed by atoms with Crippen LogP contribution in [0, 0.1) is 0 Å². The molecule has 3 nitrogen and oxygen atoms in total. The summed E-state index contributed by atoms with van der Waals surface area (Å²) in [6.07, 6.45) is 4.68. The molecule has 0 radical (unpaired) electrons. The van der Waals surface area contributed by atoms with Crippen LogP contribution in [0.15, 0.2) is 21.2 Å². The maximum atomic E-state index is 5.83. The third-order valence-corrected chi connectivity index (χ3v) is 4.29. The van der Waals surface area contributed by atoms with Crippen molar-refractivity contribution in [3.05, 3.63) is 22.6 Å². The number of hydrogen-bond donors (Lipinski definition) is 1. The van der Waals surface area contributed by atoms with Crippen LogP contribution >= 0.6 is 15.9 Å². The number of nitrogens with one attached hydrogen (secondary N) is 1. The van der Waals surface area contributed by atoms with Gasteiger partial charge in [-0.15, -0.1) is 0 Å². The maximum absolute atomic E-state index is 5.83. The lowest BCUT2D eigenvalue weighted by molar-refractivity contribution is -0.0538. The first-order valence-electron chi connectivity index (χ1n) is 6.66. The molecule has 0 aliphatic rings. The van der Waals surface area contributed by atoms with Crippen LogP contribution in [0.4, 0.5) is 0 Å². The summed E-state index contributed by atoms with van der Waals surface area (Å²) < 4.78 is 12.5. The zero-order chi connectivity index (χ0) is 13.6. The van der Waals surface area contributed by atoms with Gasteiger partial charge in [-0.25, -0.2) is 0 Å². The zero-order valence-corrected chi connectivity index (χ0v) is 13.3. The average Bonchev–Trinajstić information content (AvgIpc) is 2.81. The smallest absolute Gasteiger partial charge is 0.137 e. The molecule has 0 amide bonds. The lowest BCUT2D eigenvalue weighted by atomic mass is 9.86. The van der Waals surface area contributed by atoms with Crippen molar-refractivity contribution in [2.75, 3.05) is 13.7 Å². The summed E-state index contributed by atoms with van der Waals surface area (Å²) in [7, 11) is 1.78. The first-order chi connectivity index (χ1) is 8.65. The van der Waals surface area contributed by atoms with Crippen LogP contribution in [-0.4, -0.2) is 19.3 Å². The van der Waals surface area contributed by atoms with E-state index in [-0.39, 0.29) is 11.6 Å². The summed E-state index contributed by atoms with van der Waals surface area (Å²) in [6.45, 7) is 7.42. The summed E-state index contributed by atoms with van der Waals surface area (Å²) in [5.74, 6) is 0.925. The predicted molar refractivity (Wildman–Crippen MR) is 77.8 cm³/mol. The van der Waals surface area contributed by atoms with Gasteiger partial charge in [0.1, 0.15) is 5.76 Å². The normalized spacial score (nSPS) is 13.8. The highest BCUT2D eigenvalue weighted by Gasteiger charge is 2.39. The molecule has 0 aliphatic carbocycles. The van der Waals surface area contributed by atoms with E-state index in [0.717, 1.165) is 36.0 Å². The fraction of sp³-hybridized carbons (Fsp3) is 0.714. The van der Waals surface area contributed by atoms with Gasteiger partial charge in [-0.3, -0.25) is 0 Å². The van der Waals surface area contributed by atoms with Crippen LogP contribution in [0.3, 0.4) is 0 Å². The molecule has 0 saturated heterocycles. The van der Waals surface area contributed by atoms with Crippen molar-refractivity contribution < 1.29 is 9.15 Å². The molecule has 1 N–H and O–H groups in total. The summed E-state index contributed by atoms with van der Waals surface area (Å²) >= 11 is 3.55. The van der Waals surface area contributed by atoms with Crippen molar-refractivity contribution >= 4 is 15.9 Å². The molecule has 104 valence electrons. The lowest BCUT2D eigenvalue weighted by Crippen LogP contribution is -2.45. The second-order valence-electron chi connectivity index (χ2n) is 4.50. The first kappa shape index (κ1) is 15.7. The van der Waals surface area contributed by atoms with E-state index < -0.39 is 0 Å². The molecule has 1 atom stereocenters. The number of furan rings is 1.